The van der Waals surface area contributed by atoms with Gasteiger partial charge in [0.15, 0.2) is 0 Å². The van der Waals surface area contributed by atoms with Crippen LogP contribution < -0.4 is 0 Å². The van der Waals surface area contributed by atoms with E-state index in [1.807, 2.05) is 24.8 Å². The van der Waals surface area contributed by atoms with Crippen molar-refractivity contribution in [3.8, 4) is 0 Å². The van der Waals surface area contributed by atoms with Crippen LogP contribution in [0.3, 0.4) is 0 Å². The van der Waals surface area contributed by atoms with Crippen LogP contribution in [0.2, 0.25) is 0 Å². The standard InChI is InChI=1S/C20H30N2O3/c1-16-13-21(15-17-7-5-4-6-8-17)9-10-22(14-16)18(23)11-20(2,3)12-19(24)25/h4-8,16H,9-15H2,1-3H3,(H,24,25). The Morgan fingerprint density at radius 3 is 2.44 bits per heavy atom. The summed E-state index contributed by atoms with van der Waals surface area (Å²) >= 11 is 0. The van der Waals surface area contributed by atoms with Crippen molar-refractivity contribution in [2.24, 2.45) is 11.3 Å². The third kappa shape index (κ3) is 6.50. The Bertz CT molecular complexity index is 586. The number of benzene rings is 1. The van der Waals surface area contributed by atoms with Gasteiger partial charge in [0.1, 0.15) is 0 Å². The molecule has 1 heterocycles. The summed E-state index contributed by atoms with van der Waals surface area (Å²) in [6.45, 7) is 10.0. The highest BCUT2D eigenvalue weighted by Crippen LogP contribution is 2.26. The van der Waals surface area contributed by atoms with Crippen LogP contribution in [0.5, 0.6) is 0 Å². The van der Waals surface area contributed by atoms with Crippen LogP contribution in [0.4, 0.5) is 0 Å². The van der Waals surface area contributed by atoms with Gasteiger partial charge >= 0.3 is 5.97 Å². The second kappa shape index (κ2) is 8.48. The number of hydrogen-bond acceptors (Lipinski definition) is 3. The third-order valence-electron chi connectivity index (χ3n) is 4.65. The van der Waals surface area contributed by atoms with Crippen LogP contribution in [-0.4, -0.2) is 53.0 Å². The summed E-state index contributed by atoms with van der Waals surface area (Å²) in [5.74, 6) is -0.381. The summed E-state index contributed by atoms with van der Waals surface area (Å²) in [6.07, 6.45) is 0.299. The van der Waals surface area contributed by atoms with E-state index in [1.165, 1.54) is 5.56 Å². The first-order valence-electron chi connectivity index (χ1n) is 9.01. The van der Waals surface area contributed by atoms with Crippen LogP contribution in [0.25, 0.3) is 0 Å². The van der Waals surface area contributed by atoms with Crippen LogP contribution in [-0.2, 0) is 16.1 Å². The Labute approximate surface area is 150 Å². The number of rotatable bonds is 6. The van der Waals surface area contributed by atoms with Gasteiger partial charge in [-0.15, -0.1) is 0 Å². The minimum absolute atomic E-state index is 0.0161. The molecule has 1 aliphatic rings. The number of carboxylic acids is 1. The lowest BCUT2D eigenvalue weighted by Crippen LogP contribution is -2.38. The molecule has 1 aromatic rings. The molecule has 1 unspecified atom stereocenters. The topological polar surface area (TPSA) is 60.9 Å². The van der Waals surface area contributed by atoms with E-state index in [9.17, 15) is 9.59 Å². The average molecular weight is 346 g/mol. The van der Waals surface area contributed by atoms with Crippen LogP contribution in [0, 0.1) is 11.3 Å². The van der Waals surface area contributed by atoms with Gasteiger partial charge < -0.3 is 10.0 Å². The molecule has 1 atom stereocenters. The summed E-state index contributed by atoms with van der Waals surface area (Å²) in [4.78, 5) is 28.0. The Balaban J connectivity index is 1.93. The van der Waals surface area contributed by atoms with Crippen molar-refractivity contribution < 1.29 is 14.7 Å². The number of amides is 1. The summed E-state index contributed by atoms with van der Waals surface area (Å²) in [5, 5.41) is 9.00. The minimum atomic E-state index is -0.851. The molecule has 5 heteroatoms. The van der Waals surface area contributed by atoms with Gasteiger partial charge in [0, 0.05) is 39.1 Å². The van der Waals surface area contributed by atoms with Crippen molar-refractivity contribution in [3.05, 3.63) is 35.9 Å². The number of hydrogen-bond donors (Lipinski definition) is 1. The van der Waals surface area contributed by atoms with Crippen molar-refractivity contribution in [1.82, 2.24) is 9.80 Å². The Morgan fingerprint density at radius 1 is 1.12 bits per heavy atom. The molecule has 25 heavy (non-hydrogen) atoms. The Morgan fingerprint density at radius 2 is 1.80 bits per heavy atom. The molecule has 0 radical (unpaired) electrons. The summed E-state index contributed by atoms with van der Waals surface area (Å²) < 4.78 is 0. The van der Waals surface area contributed by atoms with Crippen LogP contribution >= 0.6 is 0 Å². The lowest BCUT2D eigenvalue weighted by atomic mass is 9.85. The molecule has 0 aromatic heterocycles. The zero-order valence-corrected chi connectivity index (χ0v) is 15.6. The molecule has 5 nitrogen and oxygen atoms in total. The van der Waals surface area contributed by atoms with Crippen molar-refractivity contribution in [3.63, 3.8) is 0 Å². The molecular weight excluding hydrogens is 316 g/mol. The first-order chi connectivity index (χ1) is 11.7. The van der Waals surface area contributed by atoms with Crippen molar-refractivity contribution in [1.29, 1.82) is 0 Å². The fourth-order valence-corrected chi connectivity index (χ4v) is 3.52. The van der Waals surface area contributed by atoms with E-state index < -0.39 is 11.4 Å². The third-order valence-corrected chi connectivity index (χ3v) is 4.65. The van der Waals surface area contributed by atoms with E-state index in [2.05, 4.69) is 36.1 Å². The van der Waals surface area contributed by atoms with Gasteiger partial charge in [0.05, 0.1) is 6.42 Å². The lowest BCUT2D eigenvalue weighted by Gasteiger charge is -2.28. The molecule has 1 fully saturated rings. The van der Waals surface area contributed by atoms with E-state index in [0.29, 0.717) is 12.5 Å². The van der Waals surface area contributed by atoms with Crippen molar-refractivity contribution in [2.75, 3.05) is 26.2 Å². The molecule has 0 aliphatic carbocycles. The fourth-order valence-electron chi connectivity index (χ4n) is 3.52. The highest BCUT2D eigenvalue weighted by atomic mass is 16.4. The molecule has 1 aromatic carbocycles. The van der Waals surface area contributed by atoms with E-state index in [4.69, 9.17) is 5.11 Å². The zero-order valence-electron chi connectivity index (χ0n) is 15.6. The molecule has 0 spiro atoms. The van der Waals surface area contributed by atoms with Crippen molar-refractivity contribution >= 4 is 11.9 Å². The maximum atomic E-state index is 12.7. The van der Waals surface area contributed by atoms with Gasteiger partial charge in [-0.1, -0.05) is 51.1 Å². The summed E-state index contributed by atoms with van der Waals surface area (Å²) in [5.41, 5.74) is 0.777. The highest BCUT2D eigenvalue weighted by molar-refractivity contribution is 5.78. The predicted octanol–water partition coefficient (Wildman–Crippen LogP) is 2.86. The average Bonchev–Trinajstić information content (AvgIpc) is 2.68. The predicted molar refractivity (Wildman–Crippen MR) is 98.1 cm³/mol. The number of nitrogens with zero attached hydrogens (tertiary/aromatic N) is 2. The molecule has 0 saturated carbocycles. The highest BCUT2D eigenvalue weighted by Gasteiger charge is 2.30. The van der Waals surface area contributed by atoms with E-state index in [1.54, 1.807) is 0 Å². The first-order valence-corrected chi connectivity index (χ1v) is 9.01. The monoisotopic (exact) mass is 346 g/mol. The van der Waals surface area contributed by atoms with Gasteiger partial charge in [0.2, 0.25) is 5.91 Å². The Hall–Kier alpha value is -1.88. The fraction of sp³-hybridized carbons (Fsp3) is 0.600. The van der Waals surface area contributed by atoms with Gasteiger partial charge in [-0.25, -0.2) is 0 Å². The van der Waals surface area contributed by atoms with Gasteiger partial charge in [-0.3, -0.25) is 14.5 Å². The number of aliphatic carboxylic acids is 1. The second-order valence-electron chi connectivity index (χ2n) is 8.08. The Kier molecular flexibility index (Phi) is 6.59. The van der Waals surface area contributed by atoms with E-state index in [0.717, 1.165) is 26.2 Å². The summed E-state index contributed by atoms with van der Waals surface area (Å²) in [7, 11) is 0. The number of carbonyl (C=O) groups is 2. The molecule has 1 amide bonds. The lowest BCUT2D eigenvalue weighted by molar-refractivity contribution is -0.140. The SMILES string of the molecule is CC1CN(Cc2ccccc2)CCN(C(=O)CC(C)(C)CC(=O)O)C1. The molecule has 138 valence electrons. The smallest absolute Gasteiger partial charge is 0.303 e. The molecule has 0 bridgehead atoms. The minimum Gasteiger partial charge on any atom is -0.481 e. The zero-order chi connectivity index (χ0) is 18.4. The molecular formula is C20H30N2O3. The molecule has 2 rings (SSSR count). The van der Waals surface area contributed by atoms with Gasteiger partial charge in [0.25, 0.3) is 0 Å². The largest absolute Gasteiger partial charge is 0.481 e. The van der Waals surface area contributed by atoms with E-state index >= 15 is 0 Å². The normalized spacial score (nSPS) is 19.5. The first kappa shape index (κ1) is 19.4. The quantitative estimate of drug-likeness (QED) is 0.860. The molecule has 1 saturated heterocycles. The maximum absolute atomic E-state index is 12.7. The number of carboxylic acid groups (broad SMARTS) is 1. The maximum Gasteiger partial charge on any atom is 0.303 e. The summed E-state index contributed by atoms with van der Waals surface area (Å²) in [6, 6.07) is 10.4. The van der Waals surface area contributed by atoms with Gasteiger partial charge in [-0.05, 0) is 16.9 Å². The molecule has 1 aliphatic heterocycles. The molecule has 1 N–H and O–H groups in total. The van der Waals surface area contributed by atoms with E-state index in [-0.39, 0.29) is 18.7 Å². The van der Waals surface area contributed by atoms with Crippen LogP contribution in [0.15, 0.2) is 30.3 Å². The van der Waals surface area contributed by atoms with Gasteiger partial charge in [-0.2, -0.15) is 0 Å². The van der Waals surface area contributed by atoms with Crippen molar-refractivity contribution in [2.45, 2.75) is 40.2 Å². The second-order valence-corrected chi connectivity index (χ2v) is 8.08. The number of carbonyl (C=O) groups excluding carboxylic acids is 1. The van der Waals surface area contributed by atoms with Crippen LogP contribution in [0.1, 0.15) is 39.2 Å².